The first-order chi connectivity index (χ1) is 12.5. The van der Waals surface area contributed by atoms with Gasteiger partial charge in [-0.15, -0.1) is 0 Å². The van der Waals surface area contributed by atoms with E-state index in [1.165, 1.54) is 17.2 Å². The Morgan fingerprint density at radius 3 is 2.54 bits per heavy atom. The maximum absolute atomic E-state index is 14.0. The minimum absolute atomic E-state index is 0.151. The number of para-hydroxylation sites is 1. The van der Waals surface area contributed by atoms with Gasteiger partial charge in [-0.25, -0.2) is 4.39 Å². The molecular formula is C22H17FN2O. The van der Waals surface area contributed by atoms with Gasteiger partial charge < -0.3 is 0 Å². The standard InChI is InChI=1S/C22H17FN2O/c1-14-7-9-18(15(2)11-14)16-8-10-19-17(12-16)13-24-25(22(19)26)21-6-4-3-5-20(21)23/h3-13H,1-2H3. The molecule has 0 bridgehead atoms. The lowest BCUT2D eigenvalue weighted by Crippen LogP contribution is -2.21. The summed E-state index contributed by atoms with van der Waals surface area (Å²) in [5.41, 5.74) is 4.35. The molecule has 0 fully saturated rings. The highest BCUT2D eigenvalue weighted by Gasteiger charge is 2.11. The molecular weight excluding hydrogens is 327 g/mol. The summed E-state index contributed by atoms with van der Waals surface area (Å²) in [5, 5.41) is 5.42. The molecule has 0 spiro atoms. The van der Waals surface area contributed by atoms with E-state index in [1.54, 1.807) is 30.5 Å². The highest BCUT2D eigenvalue weighted by atomic mass is 19.1. The number of fused-ring (bicyclic) bond motifs is 1. The van der Waals surface area contributed by atoms with Crippen LogP contribution in [0.15, 0.2) is 71.7 Å². The first-order valence-corrected chi connectivity index (χ1v) is 8.39. The van der Waals surface area contributed by atoms with Crippen LogP contribution in [0.2, 0.25) is 0 Å². The van der Waals surface area contributed by atoms with Crippen LogP contribution in [0.4, 0.5) is 4.39 Å². The lowest BCUT2D eigenvalue weighted by atomic mass is 9.97. The van der Waals surface area contributed by atoms with Crippen LogP contribution in [0.1, 0.15) is 11.1 Å². The fourth-order valence-electron chi connectivity index (χ4n) is 3.25. The number of rotatable bonds is 2. The Morgan fingerprint density at radius 2 is 1.77 bits per heavy atom. The quantitative estimate of drug-likeness (QED) is 0.523. The molecule has 26 heavy (non-hydrogen) atoms. The molecule has 0 saturated heterocycles. The van der Waals surface area contributed by atoms with E-state index in [-0.39, 0.29) is 11.2 Å². The van der Waals surface area contributed by atoms with Crippen molar-refractivity contribution in [1.82, 2.24) is 9.78 Å². The molecule has 1 aromatic heterocycles. The molecule has 0 radical (unpaired) electrons. The number of nitrogens with zero attached hydrogens (tertiary/aromatic N) is 2. The third kappa shape index (κ3) is 2.69. The third-order valence-electron chi connectivity index (χ3n) is 4.56. The Balaban J connectivity index is 1.88. The SMILES string of the molecule is Cc1ccc(-c2ccc3c(=O)n(-c4ccccc4F)ncc3c2)c(C)c1. The summed E-state index contributed by atoms with van der Waals surface area (Å²) in [7, 11) is 0. The van der Waals surface area contributed by atoms with Gasteiger partial charge in [-0.1, -0.05) is 42.0 Å². The molecule has 0 N–H and O–H groups in total. The predicted molar refractivity (Wildman–Crippen MR) is 102 cm³/mol. The van der Waals surface area contributed by atoms with Crippen molar-refractivity contribution in [3.8, 4) is 16.8 Å². The lowest BCUT2D eigenvalue weighted by molar-refractivity contribution is 0.606. The van der Waals surface area contributed by atoms with Crippen molar-refractivity contribution < 1.29 is 4.39 Å². The summed E-state index contributed by atoms with van der Waals surface area (Å²) in [6.07, 6.45) is 1.61. The van der Waals surface area contributed by atoms with E-state index >= 15 is 0 Å². The maximum Gasteiger partial charge on any atom is 0.279 e. The van der Waals surface area contributed by atoms with Gasteiger partial charge in [-0.3, -0.25) is 4.79 Å². The Kier molecular flexibility index (Phi) is 3.88. The molecule has 4 heteroatoms. The summed E-state index contributed by atoms with van der Waals surface area (Å²) in [4.78, 5) is 12.8. The second-order valence-corrected chi connectivity index (χ2v) is 6.43. The van der Waals surface area contributed by atoms with E-state index in [1.807, 2.05) is 12.1 Å². The molecule has 1 heterocycles. The summed E-state index contributed by atoms with van der Waals surface area (Å²) >= 11 is 0. The molecule has 128 valence electrons. The van der Waals surface area contributed by atoms with Gasteiger partial charge in [0, 0.05) is 5.39 Å². The molecule has 0 amide bonds. The van der Waals surface area contributed by atoms with Gasteiger partial charge >= 0.3 is 0 Å². The smallest absolute Gasteiger partial charge is 0.267 e. The van der Waals surface area contributed by atoms with Crippen molar-refractivity contribution in [3.63, 3.8) is 0 Å². The van der Waals surface area contributed by atoms with Crippen LogP contribution >= 0.6 is 0 Å². The second kappa shape index (κ2) is 6.23. The van der Waals surface area contributed by atoms with Crippen molar-refractivity contribution in [1.29, 1.82) is 0 Å². The molecule has 4 rings (SSSR count). The van der Waals surface area contributed by atoms with E-state index in [2.05, 4.69) is 37.1 Å². The van der Waals surface area contributed by atoms with E-state index in [0.29, 0.717) is 5.39 Å². The van der Waals surface area contributed by atoms with Gasteiger partial charge in [0.1, 0.15) is 11.5 Å². The average molecular weight is 344 g/mol. The normalized spacial score (nSPS) is 11.0. The Labute approximate surface area is 150 Å². The molecule has 3 aromatic carbocycles. The number of hydrogen-bond acceptors (Lipinski definition) is 2. The van der Waals surface area contributed by atoms with Crippen LogP contribution in [0.25, 0.3) is 27.6 Å². The Morgan fingerprint density at radius 1 is 0.962 bits per heavy atom. The minimum atomic E-state index is -0.478. The van der Waals surface area contributed by atoms with Gasteiger partial charge in [-0.2, -0.15) is 9.78 Å². The van der Waals surface area contributed by atoms with Crippen LogP contribution in [0, 0.1) is 19.7 Å². The fourth-order valence-corrected chi connectivity index (χ4v) is 3.25. The Hall–Kier alpha value is -3.27. The van der Waals surface area contributed by atoms with Crippen molar-refractivity contribution in [3.05, 3.63) is 94.2 Å². The predicted octanol–water partition coefficient (Wildman–Crippen LogP) is 4.81. The summed E-state index contributed by atoms with van der Waals surface area (Å²) in [6, 6.07) is 18.1. The number of aryl methyl sites for hydroxylation is 2. The van der Waals surface area contributed by atoms with Gasteiger partial charge in [0.05, 0.1) is 11.6 Å². The largest absolute Gasteiger partial charge is 0.279 e. The average Bonchev–Trinajstić information content (AvgIpc) is 2.63. The number of halogens is 1. The van der Waals surface area contributed by atoms with Crippen LogP contribution in [-0.2, 0) is 0 Å². The first-order valence-electron chi connectivity index (χ1n) is 8.39. The van der Waals surface area contributed by atoms with Crippen molar-refractivity contribution in [2.24, 2.45) is 0 Å². The monoisotopic (exact) mass is 344 g/mol. The molecule has 0 saturated carbocycles. The van der Waals surface area contributed by atoms with Crippen LogP contribution in [0.5, 0.6) is 0 Å². The number of benzene rings is 3. The zero-order chi connectivity index (χ0) is 18.3. The highest BCUT2D eigenvalue weighted by Crippen LogP contribution is 2.26. The highest BCUT2D eigenvalue weighted by molar-refractivity contribution is 5.86. The van der Waals surface area contributed by atoms with Crippen molar-refractivity contribution in [2.75, 3.05) is 0 Å². The van der Waals surface area contributed by atoms with Gasteiger partial charge in [0.2, 0.25) is 0 Å². The summed E-state index contributed by atoms with van der Waals surface area (Å²) < 4.78 is 15.1. The van der Waals surface area contributed by atoms with Crippen LogP contribution in [-0.4, -0.2) is 9.78 Å². The molecule has 0 aliphatic carbocycles. The second-order valence-electron chi connectivity index (χ2n) is 6.43. The number of aromatic nitrogens is 2. The third-order valence-corrected chi connectivity index (χ3v) is 4.56. The van der Waals surface area contributed by atoms with E-state index in [0.717, 1.165) is 21.2 Å². The molecule has 0 aliphatic heterocycles. The summed E-state index contributed by atoms with van der Waals surface area (Å²) in [6.45, 7) is 4.13. The maximum atomic E-state index is 14.0. The minimum Gasteiger partial charge on any atom is -0.267 e. The molecule has 0 atom stereocenters. The molecule has 0 unspecified atom stereocenters. The lowest BCUT2D eigenvalue weighted by Gasteiger charge is -2.10. The van der Waals surface area contributed by atoms with E-state index in [4.69, 9.17) is 0 Å². The molecule has 4 aromatic rings. The van der Waals surface area contributed by atoms with Gasteiger partial charge in [0.15, 0.2) is 0 Å². The molecule has 0 aliphatic rings. The fraction of sp³-hybridized carbons (Fsp3) is 0.0909. The van der Waals surface area contributed by atoms with Crippen molar-refractivity contribution >= 4 is 10.8 Å². The van der Waals surface area contributed by atoms with E-state index in [9.17, 15) is 9.18 Å². The zero-order valence-corrected chi connectivity index (χ0v) is 14.5. The first kappa shape index (κ1) is 16.2. The molecule has 3 nitrogen and oxygen atoms in total. The summed E-state index contributed by atoms with van der Waals surface area (Å²) in [5.74, 6) is -0.478. The number of hydrogen-bond donors (Lipinski definition) is 0. The van der Waals surface area contributed by atoms with E-state index < -0.39 is 5.82 Å². The van der Waals surface area contributed by atoms with Crippen LogP contribution in [0.3, 0.4) is 0 Å². The van der Waals surface area contributed by atoms with Gasteiger partial charge in [0.25, 0.3) is 5.56 Å². The van der Waals surface area contributed by atoms with Gasteiger partial charge in [-0.05, 0) is 54.8 Å². The zero-order valence-electron chi connectivity index (χ0n) is 14.5. The van der Waals surface area contributed by atoms with Crippen LogP contribution < -0.4 is 5.56 Å². The topological polar surface area (TPSA) is 34.9 Å². The van der Waals surface area contributed by atoms with Crippen molar-refractivity contribution in [2.45, 2.75) is 13.8 Å². The Bertz CT molecular complexity index is 1190.